The second kappa shape index (κ2) is 6.90. The third kappa shape index (κ3) is 3.20. The summed E-state index contributed by atoms with van der Waals surface area (Å²) in [6.45, 7) is 1.92. The van der Waals surface area contributed by atoms with Crippen LogP contribution in [0.2, 0.25) is 0 Å². The third-order valence-corrected chi connectivity index (χ3v) is 4.40. The number of anilines is 2. The van der Waals surface area contributed by atoms with E-state index in [0.717, 1.165) is 18.5 Å². The molecule has 24 heavy (non-hydrogen) atoms. The van der Waals surface area contributed by atoms with Gasteiger partial charge in [-0.15, -0.1) is 0 Å². The van der Waals surface area contributed by atoms with Gasteiger partial charge in [-0.25, -0.2) is 9.18 Å². The van der Waals surface area contributed by atoms with Crippen LogP contribution in [0.4, 0.5) is 20.6 Å². The molecule has 0 radical (unpaired) electrons. The number of carbonyl (C=O) groups is 1. The Kier molecular flexibility index (Phi) is 4.69. The van der Waals surface area contributed by atoms with Gasteiger partial charge in [0.05, 0.1) is 30.7 Å². The van der Waals surface area contributed by atoms with Crippen molar-refractivity contribution in [1.82, 2.24) is 9.78 Å². The topological polar surface area (TPSA) is 68.2 Å². The van der Waals surface area contributed by atoms with Gasteiger partial charge in [-0.1, -0.05) is 18.9 Å². The number of amides is 2. The van der Waals surface area contributed by atoms with E-state index < -0.39 is 11.8 Å². The quantitative estimate of drug-likeness (QED) is 0.886. The maximum absolute atomic E-state index is 13.9. The summed E-state index contributed by atoms with van der Waals surface area (Å²) in [6.07, 6.45) is 6.27. The van der Waals surface area contributed by atoms with Crippen molar-refractivity contribution in [2.45, 2.75) is 38.6 Å². The van der Waals surface area contributed by atoms with E-state index in [1.807, 2.05) is 11.6 Å². The van der Waals surface area contributed by atoms with Crippen LogP contribution in [-0.2, 0) is 0 Å². The first-order valence-corrected chi connectivity index (χ1v) is 8.04. The van der Waals surface area contributed by atoms with Gasteiger partial charge in [0.25, 0.3) is 0 Å². The summed E-state index contributed by atoms with van der Waals surface area (Å²) in [7, 11) is 1.42. The Morgan fingerprint density at radius 1 is 1.33 bits per heavy atom. The standard InChI is InChI=1S/C17H21FN4O2/c1-11-14(10-19-22(11)12-6-3-4-7-12)20-17(23)21-16-13(18)8-5-9-15(16)24-2/h5,8-10,12H,3-4,6-7H2,1-2H3,(H2,20,21,23). The molecule has 3 rings (SSSR count). The number of urea groups is 1. The molecule has 2 N–H and O–H groups in total. The second-order valence-corrected chi connectivity index (χ2v) is 5.92. The van der Waals surface area contributed by atoms with E-state index in [1.165, 1.54) is 32.1 Å². The lowest BCUT2D eigenvalue weighted by atomic mass is 10.2. The molecule has 0 saturated heterocycles. The van der Waals surface area contributed by atoms with E-state index in [1.54, 1.807) is 12.3 Å². The number of nitrogens with one attached hydrogen (secondary N) is 2. The zero-order valence-corrected chi connectivity index (χ0v) is 13.8. The highest BCUT2D eigenvalue weighted by Gasteiger charge is 2.21. The molecule has 0 unspecified atom stereocenters. The van der Waals surface area contributed by atoms with Crippen molar-refractivity contribution < 1.29 is 13.9 Å². The van der Waals surface area contributed by atoms with E-state index in [0.29, 0.717) is 11.7 Å². The molecular weight excluding hydrogens is 311 g/mol. The number of hydrogen-bond donors (Lipinski definition) is 2. The number of rotatable bonds is 4. The van der Waals surface area contributed by atoms with Crippen molar-refractivity contribution in [3.8, 4) is 5.75 Å². The van der Waals surface area contributed by atoms with Gasteiger partial charge in [0.1, 0.15) is 11.4 Å². The zero-order valence-electron chi connectivity index (χ0n) is 13.8. The maximum atomic E-state index is 13.9. The van der Waals surface area contributed by atoms with Crippen LogP contribution >= 0.6 is 0 Å². The minimum Gasteiger partial charge on any atom is -0.494 e. The summed E-state index contributed by atoms with van der Waals surface area (Å²) in [4.78, 5) is 12.2. The summed E-state index contributed by atoms with van der Waals surface area (Å²) >= 11 is 0. The Hall–Kier alpha value is -2.57. The summed E-state index contributed by atoms with van der Waals surface area (Å²) in [5.74, 6) is -0.286. The third-order valence-electron chi connectivity index (χ3n) is 4.40. The summed E-state index contributed by atoms with van der Waals surface area (Å²) < 4.78 is 20.9. The molecule has 0 bridgehead atoms. The van der Waals surface area contributed by atoms with Crippen LogP contribution in [0.1, 0.15) is 37.4 Å². The number of carbonyl (C=O) groups excluding carboxylic acids is 1. The molecule has 1 heterocycles. The predicted octanol–water partition coefficient (Wildman–Crippen LogP) is 4.10. The highest BCUT2D eigenvalue weighted by atomic mass is 19.1. The van der Waals surface area contributed by atoms with E-state index in [-0.39, 0.29) is 11.4 Å². The normalized spacial score (nSPS) is 14.6. The lowest BCUT2D eigenvalue weighted by Crippen LogP contribution is -2.21. The Morgan fingerprint density at radius 3 is 2.79 bits per heavy atom. The fraction of sp³-hybridized carbons (Fsp3) is 0.412. The van der Waals surface area contributed by atoms with Crippen LogP contribution in [0.15, 0.2) is 24.4 Å². The Bertz CT molecular complexity index is 738. The molecule has 1 aliphatic carbocycles. The fourth-order valence-corrected chi connectivity index (χ4v) is 3.13. The van der Waals surface area contributed by atoms with E-state index in [9.17, 15) is 9.18 Å². The van der Waals surface area contributed by atoms with Crippen molar-refractivity contribution >= 4 is 17.4 Å². The molecule has 2 amide bonds. The Labute approximate surface area is 140 Å². The van der Waals surface area contributed by atoms with Gasteiger partial charge in [0.2, 0.25) is 0 Å². The predicted molar refractivity (Wildman–Crippen MR) is 90.1 cm³/mol. The van der Waals surface area contributed by atoms with Crippen molar-refractivity contribution in [3.63, 3.8) is 0 Å². The average molecular weight is 332 g/mol. The maximum Gasteiger partial charge on any atom is 0.323 e. The van der Waals surface area contributed by atoms with Crippen LogP contribution in [-0.4, -0.2) is 22.9 Å². The van der Waals surface area contributed by atoms with E-state index in [2.05, 4.69) is 15.7 Å². The van der Waals surface area contributed by atoms with E-state index >= 15 is 0 Å². The molecule has 0 spiro atoms. The number of halogens is 1. The molecular formula is C17H21FN4O2. The van der Waals surface area contributed by atoms with Crippen molar-refractivity contribution in [3.05, 3.63) is 35.9 Å². The monoisotopic (exact) mass is 332 g/mol. The number of hydrogen-bond acceptors (Lipinski definition) is 3. The van der Waals surface area contributed by atoms with Crippen molar-refractivity contribution in [2.75, 3.05) is 17.7 Å². The number of ether oxygens (including phenoxy) is 1. The molecule has 1 saturated carbocycles. The molecule has 1 aromatic carbocycles. The number of methoxy groups -OCH3 is 1. The van der Waals surface area contributed by atoms with Crippen LogP contribution < -0.4 is 15.4 Å². The van der Waals surface area contributed by atoms with Crippen LogP contribution in [0, 0.1) is 12.7 Å². The highest BCUT2D eigenvalue weighted by Crippen LogP contribution is 2.32. The van der Waals surface area contributed by atoms with Gasteiger partial charge >= 0.3 is 6.03 Å². The fourth-order valence-electron chi connectivity index (χ4n) is 3.13. The largest absolute Gasteiger partial charge is 0.494 e. The molecule has 0 atom stereocenters. The average Bonchev–Trinajstić information content (AvgIpc) is 3.20. The van der Waals surface area contributed by atoms with Gasteiger partial charge < -0.3 is 15.4 Å². The minimum atomic E-state index is -0.553. The molecule has 6 nitrogen and oxygen atoms in total. The Morgan fingerprint density at radius 2 is 2.08 bits per heavy atom. The van der Waals surface area contributed by atoms with Gasteiger partial charge in [0, 0.05) is 0 Å². The Balaban J connectivity index is 1.72. The van der Waals surface area contributed by atoms with E-state index in [4.69, 9.17) is 4.74 Å². The second-order valence-electron chi connectivity index (χ2n) is 5.92. The molecule has 7 heteroatoms. The minimum absolute atomic E-state index is 0.0123. The molecule has 0 aliphatic heterocycles. The van der Waals surface area contributed by atoms with Crippen LogP contribution in [0.25, 0.3) is 0 Å². The van der Waals surface area contributed by atoms with Gasteiger partial charge in [0.15, 0.2) is 5.82 Å². The first-order chi connectivity index (χ1) is 11.6. The summed E-state index contributed by atoms with van der Waals surface area (Å²) in [5, 5.41) is 9.61. The highest BCUT2D eigenvalue weighted by molar-refractivity contribution is 6.01. The lowest BCUT2D eigenvalue weighted by Gasteiger charge is -2.14. The lowest BCUT2D eigenvalue weighted by molar-refractivity contribution is 0.262. The number of nitrogens with zero attached hydrogens (tertiary/aromatic N) is 2. The van der Waals surface area contributed by atoms with Gasteiger partial charge in [-0.3, -0.25) is 4.68 Å². The van der Waals surface area contributed by atoms with Crippen LogP contribution in [0.3, 0.4) is 0 Å². The SMILES string of the molecule is COc1cccc(F)c1NC(=O)Nc1cnn(C2CCCC2)c1C. The smallest absolute Gasteiger partial charge is 0.323 e. The summed E-state index contributed by atoms with van der Waals surface area (Å²) in [6, 6.07) is 4.24. The molecule has 128 valence electrons. The summed E-state index contributed by atoms with van der Waals surface area (Å²) in [5.41, 5.74) is 1.53. The number of benzene rings is 1. The molecule has 1 fully saturated rings. The zero-order chi connectivity index (χ0) is 17.1. The van der Waals surface area contributed by atoms with Crippen molar-refractivity contribution in [1.29, 1.82) is 0 Å². The molecule has 2 aromatic rings. The van der Waals surface area contributed by atoms with Gasteiger partial charge in [-0.2, -0.15) is 5.10 Å². The first-order valence-electron chi connectivity index (χ1n) is 8.04. The van der Waals surface area contributed by atoms with Crippen LogP contribution in [0.5, 0.6) is 5.75 Å². The van der Waals surface area contributed by atoms with Gasteiger partial charge in [-0.05, 0) is 31.9 Å². The first kappa shape index (κ1) is 16.3. The number of para-hydroxylation sites is 1. The molecule has 1 aromatic heterocycles. The van der Waals surface area contributed by atoms with Crippen molar-refractivity contribution in [2.24, 2.45) is 0 Å². The number of aromatic nitrogens is 2. The molecule has 1 aliphatic rings.